The van der Waals surface area contributed by atoms with Gasteiger partial charge in [0.1, 0.15) is 0 Å². The van der Waals surface area contributed by atoms with E-state index in [0.29, 0.717) is 38.6 Å². The molecule has 2 aromatic carbocycles. The van der Waals surface area contributed by atoms with Gasteiger partial charge in [0.25, 0.3) is 0 Å². The number of piperidine rings is 1. The summed E-state index contributed by atoms with van der Waals surface area (Å²) in [6.07, 6.45) is 6.06. The van der Waals surface area contributed by atoms with E-state index in [2.05, 4.69) is 87.3 Å². The maximum atomic E-state index is 9.95. The van der Waals surface area contributed by atoms with Crippen LogP contribution in [0.4, 0.5) is 17.1 Å². The number of rotatable bonds is 9. The fraction of sp³-hybridized carbons (Fsp3) is 0.343. The summed E-state index contributed by atoms with van der Waals surface area (Å²) in [5.41, 5.74) is 13.4. The lowest BCUT2D eigenvalue weighted by atomic mass is 9.97. The monoisotopic (exact) mass is 657 g/mol. The van der Waals surface area contributed by atoms with Crippen LogP contribution in [-0.4, -0.2) is 46.3 Å². The summed E-state index contributed by atoms with van der Waals surface area (Å²) < 4.78 is 0. The van der Waals surface area contributed by atoms with Crippen molar-refractivity contribution < 1.29 is 0 Å². The molecule has 1 fully saturated rings. The van der Waals surface area contributed by atoms with E-state index in [-0.39, 0.29) is 11.6 Å². The van der Waals surface area contributed by atoms with Crippen LogP contribution < -0.4 is 21.6 Å². The van der Waals surface area contributed by atoms with Crippen LogP contribution in [0.25, 0.3) is 5.70 Å². The third-order valence-electron chi connectivity index (χ3n) is 8.52. The number of hydrogen-bond acceptors (Lipinski definition) is 9. The maximum absolute atomic E-state index is 9.95. The van der Waals surface area contributed by atoms with Gasteiger partial charge in [-0.15, -0.1) is 5.53 Å². The van der Waals surface area contributed by atoms with Gasteiger partial charge in [0.05, 0.1) is 39.8 Å². The van der Waals surface area contributed by atoms with Gasteiger partial charge in [0, 0.05) is 70.3 Å². The first-order valence-electron chi connectivity index (χ1n) is 15.4. The smallest absolute Gasteiger partial charge is 0.0966 e. The second kappa shape index (κ2) is 14.1. The number of benzene rings is 2. The number of halogens is 2. The molecule has 0 saturated carbocycles. The van der Waals surface area contributed by atoms with Crippen molar-refractivity contribution in [3.05, 3.63) is 99.1 Å². The van der Waals surface area contributed by atoms with Gasteiger partial charge >= 0.3 is 0 Å². The minimum Gasteiger partial charge on any atom is -0.373 e. The molecule has 4 N–H and O–H groups in total. The lowest BCUT2D eigenvalue weighted by molar-refractivity contribution is 0.0570. The second-order valence-corrected chi connectivity index (χ2v) is 13.5. The Balaban J connectivity index is 1.50. The van der Waals surface area contributed by atoms with Crippen molar-refractivity contribution in [1.82, 2.24) is 25.9 Å². The largest absolute Gasteiger partial charge is 0.373 e. The molecule has 0 spiro atoms. The first kappa shape index (κ1) is 33.3. The fourth-order valence-corrected chi connectivity index (χ4v) is 6.43. The molecule has 3 aromatic rings. The van der Waals surface area contributed by atoms with E-state index in [9.17, 15) is 5.26 Å². The highest BCUT2D eigenvalue weighted by atomic mass is 35.5. The van der Waals surface area contributed by atoms with Gasteiger partial charge in [-0.25, -0.2) is 0 Å². The number of allylic oxidation sites excluding steroid dienone is 1. The first-order valence-corrected chi connectivity index (χ1v) is 16.1. The maximum Gasteiger partial charge on any atom is 0.0966 e. The summed E-state index contributed by atoms with van der Waals surface area (Å²) in [5, 5.41) is 20.2. The minimum absolute atomic E-state index is 0.163. The molecular formula is C35H41Cl2N9. The summed E-state index contributed by atoms with van der Waals surface area (Å²) in [5.74, 6) is 0. The third-order valence-corrected chi connectivity index (χ3v) is 9.05. The average molecular weight is 659 g/mol. The number of nitrogens with one attached hydrogen (secondary N) is 4. The molecule has 0 bridgehead atoms. The Bertz CT molecular complexity index is 1690. The normalized spacial score (nSPS) is 17.0. The van der Waals surface area contributed by atoms with Crippen LogP contribution in [0.1, 0.15) is 63.4 Å². The highest BCUT2D eigenvalue weighted by Gasteiger charge is 2.32. The van der Waals surface area contributed by atoms with Crippen LogP contribution in [0.2, 0.25) is 10.0 Å². The quantitative estimate of drug-likeness (QED) is 0.136. The van der Waals surface area contributed by atoms with Crippen LogP contribution in [0.15, 0.2) is 77.2 Å². The molecule has 1 saturated heterocycles. The average Bonchev–Trinajstić information content (AvgIpc) is 3.52. The standard InChI is InChI=1S/C35H41Cl2N9/c1-22(20-38)32(41-25-10-7-9-24(36)17-25)29-18-26(19-30(37)33(29)39-6)42-34(28-11-8-14-40-23(28)2)31-21-46(44-43-31)27-12-15-45(16-13-27)35(3,4)5/h7-11,14,17-19,21,27,34,41-44H,6,12-13,15-16H2,1-5H3/b32-22-/t34-/m0/s1. The molecule has 0 unspecified atom stereocenters. The number of pyridine rings is 1. The van der Waals surface area contributed by atoms with Gasteiger partial charge in [0.2, 0.25) is 0 Å². The Kier molecular flexibility index (Phi) is 10.2. The minimum atomic E-state index is -0.294. The molecule has 9 nitrogen and oxygen atoms in total. The number of hydrogen-bond donors (Lipinski definition) is 4. The van der Waals surface area contributed by atoms with E-state index in [0.717, 1.165) is 54.3 Å². The lowest BCUT2D eigenvalue weighted by Crippen LogP contribution is -2.52. The van der Waals surface area contributed by atoms with Gasteiger partial charge in [-0.05, 0) is 90.6 Å². The summed E-state index contributed by atoms with van der Waals surface area (Å²) in [7, 11) is 0. The van der Waals surface area contributed by atoms with Crippen molar-refractivity contribution in [2.45, 2.75) is 65.1 Å². The van der Waals surface area contributed by atoms with Crippen molar-refractivity contribution in [2.24, 2.45) is 4.99 Å². The van der Waals surface area contributed by atoms with Crippen molar-refractivity contribution >= 4 is 52.7 Å². The number of aryl methyl sites for hydroxylation is 1. The number of anilines is 2. The zero-order chi connectivity index (χ0) is 33.0. The number of likely N-dealkylation sites (tertiary alicyclic amines) is 1. The molecule has 2 aliphatic heterocycles. The zero-order valence-electron chi connectivity index (χ0n) is 27.0. The van der Waals surface area contributed by atoms with Crippen LogP contribution in [0.5, 0.6) is 0 Å². The van der Waals surface area contributed by atoms with E-state index in [1.807, 2.05) is 37.3 Å². The Morgan fingerprint density at radius 3 is 2.54 bits per heavy atom. The first-order chi connectivity index (χ1) is 22.0. The number of aliphatic imine (C=N–C) groups is 1. The van der Waals surface area contributed by atoms with Gasteiger partial charge in [0.15, 0.2) is 0 Å². The molecule has 1 aromatic heterocycles. The van der Waals surface area contributed by atoms with Crippen molar-refractivity contribution in [2.75, 3.05) is 23.7 Å². The molecule has 0 aliphatic carbocycles. The second-order valence-electron chi connectivity index (χ2n) is 12.6. The van der Waals surface area contributed by atoms with Gasteiger partial charge in [-0.2, -0.15) is 5.26 Å². The molecule has 3 heterocycles. The number of nitriles is 1. The summed E-state index contributed by atoms with van der Waals surface area (Å²) >= 11 is 13.1. The van der Waals surface area contributed by atoms with E-state index in [4.69, 9.17) is 23.2 Å². The fourth-order valence-electron chi connectivity index (χ4n) is 5.96. The molecule has 0 radical (unpaired) electrons. The Morgan fingerprint density at radius 2 is 1.89 bits per heavy atom. The SMILES string of the molecule is C=Nc1c(Cl)cc(N[C@H](C2=CN(C3CCN(C(C)(C)C)CC3)NN2)c2cccnc2C)cc1/C(Nc1cccc(Cl)c1)=C(\C)C#N. The van der Waals surface area contributed by atoms with Crippen molar-refractivity contribution in [3.8, 4) is 6.07 Å². The molecule has 1 atom stereocenters. The number of nitrogens with zero attached hydrogens (tertiary/aromatic N) is 5. The van der Waals surface area contributed by atoms with E-state index in [1.165, 1.54) is 0 Å². The molecule has 0 amide bonds. The molecule has 5 rings (SSSR count). The van der Waals surface area contributed by atoms with Gasteiger partial charge in [-0.3, -0.25) is 19.9 Å². The summed E-state index contributed by atoms with van der Waals surface area (Å²) in [6, 6.07) is 17.4. The number of hydrazine groups is 2. The molecule has 2 aliphatic rings. The molecule has 11 heteroatoms. The third kappa shape index (κ3) is 7.48. The molecule has 240 valence electrons. The Morgan fingerprint density at radius 1 is 1.13 bits per heavy atom. The van der Waals surface area contributed by atoms with Crippen molar-refractivity contribution in [1.29, 1.82) is 5.26 Å². The lowest BCUT2D eigenvalue weighted by Gasteiger charge is -2.42. The van der Waals surface area contributed by atoms with E-state index >= 15 is 0 Å². The van der Waals surface area contributed by atoms with Gasteiger partial charge in [-0.1, -0.05) is 35.3 Å². The van der Waals surface area contributed by atoms with Crippen LogP contribution in [0.3, 0.4) is 0 Å². The van der Waals surface area contributed by atoms with E-state index < -0.39 is 0 Å². The highest BCUT2D eigenvalue weighted by molar-refractivity contribution is 6.34. The topological polar surface area (TPSA) is 104 Å². The zero-order valence-corrected chi connectivity index (χ0v) is 28.5. The predicted octanol–water partition coefficient (Wildman–Crippen LogP) is 7.98. The van der Waals surface area contributed by atoms with Gasteiger partial charge < -0.3 is 16.1 Å². The van der Waals surface area contributed by atoms with E-state index in [1.54, 1.807) is 25.3 Å². The van der Waals surface area contributed by atoms with Crippen molar-refractivity contribution in [3.63, 3.8) is 0 Å². The molecule has 46 heavy (non-hydrogen) atoms. The number of aromatic nitrogens is 1. The molecular weight excluding hydrogens is 617 g/mol. The van der Waals surface area contributed by atoms with Crippen LogP contribution >= 0.6 is 23.2 Å². The van der Waals surface area contributed by atoms with Crippen LogP contribution in [-0.2, 0) is 0 Å². The predicted molar refractivity (Wildman–Crippen MR) is 190 cm³/mol. The highest BCUT2D eigenvalue weighted by Crippen LogP contribution is 2.40. The summed E-state index contributed by atoms with van der Waals surface area (Å²) in [4.78, 5) is 11.4. The Hall–Kier alpha value is -4.07. The Labute approximate surface area is 281 Å². The van der Waals surface area contributed by atoms with Crippen LogP contribution in [0, 0.1) is 18.3 Å². The summed E-state index contributed by atoms with van der Waals surface area (Å²) in [6.45, 7) is 16.4.